The first kappa shape index (κ1) is 11.6. The average molecular weight is 268 g/mol. The lowest BCUT2D eigenvalue weighted by Crippen LogP contribution is -1.97. The van der Waals surface area contributed by atoms with Crippen LogP contribution in [0.3, 0.4) is 0 Å². The van der Waals surface area contributed by atoms with Crippen LogP contribution in [0, 0.1) is 5.82 Å². The van der Waals surface area contributed by atoms with Crippen molar-refractivity contribution < 1.29 is 9.13 Å². The van der Waals surface area contributed by atoms with Gasteiger partial charge in [-0.3, -0.25) is 0 Å². The van der Waals surface area contributed by atoms with E-state index >= 15 is 0 Å². The highest BCUT2D eigenvalue weighted by Crippen LogP contribution is 2.24. The minimum atomic E-state index is -0.390. The number of rotatable bonds is 2. The van der Waals surface area contributed by atoms with Crippen molar-refractivity contribution in [2.45, 2.75) is 12.3 Å². The van der Waals surface area contributed by atoms with E-state index in [1.807, 2.05) is 0 Å². The van der Waals surface area contributed by atoms with E-state index in [2.05, 4.69) is 10.3 Å². The van der Waals surface area contributed by atoms with Crippen molar-refractivity contribution in [3.63, 3.8) is 0 Å². The number of aromatic nitrogens is 3. The Balaban J connectivity index is 1.92. The third-order valence-electron chi connectivity index (χ3n) is 2.97. The van der Waals surface area contributed by atoms with Gasteiger partial charge in [0, 0.05) is 17.5 Å². The van der Waals surface area contributed by atoms with Gasteiger partial charge in [0.1, 0.15) is 5.82 Å². The molecule has 1 saturated heterocycles. The van der Waals surface area contributed by atoms with Gasteiger partial charge in [-0.15, -0.1) is 5.10 Å². The van der Waals surface area contributed by atoms with Gasteiger partial charge < -0.3 is 4.74 Å². The topological polar surface area (TPSA) is 39.9 Å². The summed E-state index contributed by atoms with van der Waals surface area (Å²) in [6.07, 6.45) is 2.74. The fraction of sp³-hybridized carbons (Fsp3) is 0.333. The second-order valence-corrected chi connectivity index (χ2v) is 4.71. The Kier molecular flexibility index (Phi) is 3.01. The minimum absolute atomic E-state index is 0.280. The molecule has 1 aromatic carbocycles. The third kappa shape index (κ3) is 2.23. The van der Waals surface area contributed by atoms with Crippen LogP contribution >= 0.6 is 11.6 Å². The highest BCUT2D eigenvalue weighted by atomic mass is 35.5. The minimum Gasteiger partial charge on any atom is -0.381 e. The van der Waals surface area contributed by atoms with Gasteiger partial charge >= 0.3 is 0 Å². The van der Waals surface area contributed by atoms with Crippen molar-refractivity contribution in [1.29, 1.82) is 0 Å². The van der Waals surface area contributed by atoms with Crippen LogP contribution in [0.5, 0.6) is 0 Å². The van der Waals surface area contributed by atoms with E-state index in [4.69, 9.17) is 16.3 Å². The van der Waals surface area contributed by atoms with Crippen molar-refractivity contribution in [3.8, 4) is 5.69 Å². The first-order valence-electron chi connectivity index (χ1n) is 5.69. The molecule has 0 unspecified atom stereocenters. The van der Waals surface area contributed by atoms with Gasteiger partial charge in [0.15, 0.2) is 0 Å². The molecular weight excluding hydrogens is 257 g/mol. The van der Waals surface area contributed by atoms with E-state index in [0.29, 0.717) is 17.3 Å². The predicted octanol–water partition coefficient (Wildman–Crippen LogP) is 2.56. The molecule has 0 bridgehead atoms. The van der Waals surface area contributed by atoms with Crippen LogP contribution in [-0.2, 0) is 4.74 Å². The maximum absolute atomic E-state index is 13.3. The summed E-state index contributed by atoms with van der Waals surface area (Å²) in [5.41, 5.74) is 1.44. The SMILES string of the molecule is Fc1cc(Cl)cc(-n2cc([C@H]3CCOC3)nn2)c1. The summed E-state index contributed by atoms with van der Waals surface area (Å²) in [7, 11) is 0. The zero-order valence-electron chi connectivity index (χ0n) is 9.51. The van der Waals surface area contributed by atoms with Gasteiger partial charge in [0.2, 0.25) is 0 Å². The average Bonchev–Trinajstić information content (AvgIpc) is 2.99. The standard InChI is InChI=1S/C12H11ClFN3O/c13-9-3-10(14)5-11(4-9)17-6-12(15-16-17)8-1-2-18-7-8/h3-6,8H,1-2,7H2/t8-/m0/s1. The Morgan fingerprint density at radius 1 is 1.39 bits per heavy atom. The maximum Gasteiger partial charge on any atom is 0.126 e. The second-order valence-electron chi connectivity index (χ2n) is 4.28. The number of hydrogen-bond acceptors (Lipinski definition) is 3. The Bertz CT molecular complexity index is 546. The summed E-state index contributed by atoms with van der Waals surface area (Å²) in [6.45, 7) is 1.42. The van der Waals surface area contributed by atoms with Crippen molar-refractivity contribution in [2.24, 2.45) is 0 Å². The highest BCUT2D eigenvalue weighted by Gasteiger charge is 2.21. The van der Waals surface area contributed by atoms with E-state index in [-0.39, 0.29) is 5.92 Å². The highest BCUT2D eigenvalue weighted by molar-refractivity contribution is 6.30. The van der Waals surface area contributed by atoms with Gasteiger partial charge in [-0.05, 0) is 24.6 Å². The molecular formula is C12H11ClFN3O. The van der Waals surface area contributed by atoms with Gasteiger partial charge in [-0.25, -0.2) is 9.07 Å². The Hall–Kier alpha value is -1.46. The molecule has 0 aliphatic carbocycles. The molecule has 0 radical (unpaired) electrons. The maximum atomic E-state index is 13.3. The molecule has 2 heterocycles. The quantitative estimate of drug-likeness (QED) is 0.840. The van der Waals surface area contributed by atoms with Crippen molar-refractivity contribution in [3.05, 3.63) is 40.9 Å². The monoisotopic (exact) mass is 267 g/mol. The van der Waals surface area contributed by atoms with Crippen molar-refractivity contribution in [1.82, 2.24) is 15.0 Å². The van der Waals surface area contributed by atoms with E-state index in [1.165, 1.54) is 16.8 Å². The smallest absolute Gasteiger partial charge is 0.126 e. The predicted molar refractivity (Wildman–Crippen MR) is 64.5 cm³/mol. The molecule has 1 aromatic heterocycles. The number of ether oxygens (including phenoxy) is 1. The molecule has 3 rings (SSSR count). The molecule has 94 valence electrons. The molecule has 0 saturated carbocycles. The first-order chi connectivity index (χ1) is 8.72. The Morgan fingerprint density at radius 3 is 3.00 bits per heavy atom. The summed E-state index contributed by atoms with van der Waals surface area (Å²) in [5.74, 6) is -0.110. The first-order valence-corrected chi connectivity index (χ1v) is 6.06. The molecule has 1 aliphatic rings. The lowest BCUT2D eigenvalue weighted by atomic mass is 10.1. The summed E-state index contributed by atoms with van der Waals surface area (Å²) >= 11 is 5.81. The molecule has 6 heteroatoms. The molecule has 1 fully saturated rings. The van der Waals surface area contributed by atoms with Crippen LogP contribution < -0.4 is 0 Å². The van der Waals surface area contributed by atoms with Crippen molar-refractivity contribution >= 4 is 11.6 Å². The van der Waals surface area contributed by atoms with E-state index in [9.17, 15) is 4.39 Å². The lowest BCUT2D eigenvalue weighted by molar-refractivity contribution is 0.193. The molecule has 18 heavy (non-hydrogen) atoms. The second kappa shape index (κ2) is 4.66. The van der Waals surface area contributed by atoms with E-state index < -0.39 is 5.82 Å². The molecule has 4 nitrogen and oxygen atoms in total. The molecule has 1 atom stereocenters. The Morgan fingerprint density at radius 2 is 2.28 bits per heavy atom. The normalized spacial score (nSPS) is 19.3. The van der Waals surface area contributed by atoms with E-state index in [1.54, 1.807) is 12.3 Å². The number of benzene rings is 1. The lowest BCUT2D eigenvalue weighted by Gasteiger charge is -2.02. The van der Waals surface area contributed by atoms with Crippen LogP contribution in [-0.4, -0.2) is 28.2 Å². The van der Waals surface area contributed by atoms with E-state index in [0.717, 1.165) is 18.7 Å². The molecule has 1 aliphatic heterocycles. The zero-order valence-corrected chi connectivity index (χ0v) is 10.3. The third-order valence-corrected chi connectivity index (χ3v) is 3.19. The van der Waals surface area contributed by atoms with Crippen LogP contribution in [0.4, 0.5) is 4.39 Å². The molecule has 2 aromatic rings. The summed E-state index contributed by atoms with van der Waals surface area (Å²) in [5, 5.41) is 8.44. The van der Waals surface area contributed by atoms with Crippen LogP contribution in [0.25, 0.3) is 5.69 Å². The summed E-state index contributed by atoms with van der Waals surface area (Å²) in [6, 6.07) is 4.28. The van der Waals surface area contributed by atoms with Gasteiger partial charge in [0.05, 0.1) is 24.2 Å². The zero-order chi connectivity index (χ0) is 12.5. The van der Waals surface area contributed by atoms with Gasteiger partial charge in [-0.1, -0.05) is 16.8 Å². The summed E-state index contributed by atoms with van der Waals surface area (Å²) < 4.78 is 20.1. The molecule has 0 spiro atoms. The fourth-order valence-corrected chi connectivity index (χ4v) is 2.25. The number of nitrogens with zero attached hydrogens (tertiary/aromatic N) is 3. The van der Waals surface area contributed by atoms with Crippen molar-refractivity contribution in [2.75, 3.05) is 13.2 Å². The van der Waals surface area contributed by atoms with Gasteiger partial charge in [-0.2, -0.15) is 0 Å². The van der Waals surface area contributed by atoms with Crippen LogP contribution in [0.15, 0.2) is 24.4 Å². The molecule has 0 N–H and O–H groups in total. The molecule has 0 amide bonds. The Labute approximate surface area is 108 Å². The fourth-order valence-electron chi connectivity index (χ4n) is 2.03. The number of halogens is 2. The van der Waals surface area contributed by atoms with Crippen LogP contribution in [0.2, 0.25) is 5.02 Å². The summed E-state index contributed by atoms with van der Waals surface area (Å²) in [4.78, 5) is 0. The van der Waals surface area contributed by atoms with Gasteiger partial charge in [0.25, 0.3) is 0 Å². The largest absolute Gasteiger partial charge is 0.381 e. The van der Waals surface area contributed by atoms with Crippen LogP contribution in [0.1, 0.15) is 18.0 Å². The number of hydrogen-bond donors (Lipinski definition) is 0.